The normalized spacial score (nSPS) is 13.2. The average Bonchev–Trinajstić information content (AvgIpc) is 2.85. The highest BCUT2D eigenvalue weighted by Crippen LogP contribution is 2.26. The fourth-order valence-corrected chi connectivity index (χ4v) is 3.21. The molecule has 0 bridgehead atoms. The van der Waals surface area contributed by atoms with Gasteiger partial charge in [-0.25, -0.2) is 9.67 Å². The van der Waals surface area contributed by atoms with Gasteiger partial charge in [0.05, 0.1) is 6.04 Å². The molecule has 0 aliphatic heterocycles. The van der Waals surface area contributed by atoms with Crippen molar-refractivity contribution >= 4 is 27.0 Å². The number of alkyl halides is 3. The lowest BCUT2D eigenvalue weighted by Crippen LogP contribution is -2.17. The number of nitrogens with one attached hydrogen (secondary N) is 1. The van der Waals surface area contributed by atoms with E-state index in [9.17, 15) is 18.0 Å². The number of benzene rings is 1. The van der Waals surface area contributed by atoms with Gasteiger partial charge >= 0.3 is 6.36 Å². The number of aromatic nitrogens is 4. The predicted molar refractivity (Wildman–Crippen MR) is 92.1 cm³/mol. The first-order valence-corrected chi connectivity index (χ1v) is 8.42. The van der Waals surface area contributed by atoms with Gasteiger partial charge in [-0.05, 0) is 53.9 Å². The quantitative estimate of drug-likeness (QED) is 0.681. The van der Waals surface area contributed by atoms with E-state index >= 15 is 0 Å². The molecule has 0 saturated carbocycles. The number of ether oxygens (including phenoxy) is 1. The smallest absolute Gasteiger partial charge is 0.406 e. The molecule has 138 valence electrons. The van der Waals surface area contributed by atoms with Crippen molar-refractivity contribution in [2.75, 3.05) is 0 Å². The second kappa shape index (κ2) is 6.75. The van der Waals surface area contributed by atoms with E-state index in [0.29, 0.717) is 27.9 Å². The maximum absolute atomic E-state index is 12.2. The number of hydrogen-bond acceptors (Lipinski definition) is 4. The molecule has 0 saturated heterocycles. The maximum atomic E-state index is 12.2. The summed E-state index contributed by atoms with van der Waals surface area (Å²) in [5.74, 6) is 0.196. The number of aryl methyl sites for hydroxylation is 1. The van der Waals surface area contributed by atoms with Crippen LogP contribution >= 0.6 is 15.9 Å². The van der Waals surface area contributed by atoms with Crippen molar-refractivity contribution in [2.24, 2.45) is 0 Å². The average molecular weight is 431 g/mol. The van der Waals surface area contributed by atoms with Crippen LogP contribution in [0.3, 0.4) is 0 Å². The largest absolute Gasteiger partial charge is 0.573 e. The van der Waals surface area contributed by atoms with Crippen molar-refractivity contribution in [1.82, 2.24) is 19.7 Å². The minimum atomic E-state index is -4.72. The van der Waals surface area contributed by atoms with Gasteiger partial charge in [0.2, 0.25) is 0 Å². The van der Waals surface area contributed by atoms with E-state index in [1.165, 1.54) is 12.1 Å². The minimum Gasteiger partial charge on any atom is -0.406 e. The lowest BCUT2D eigenvalue weighted by Gasteiger charge is -2.14. The Labute approximate surface area is 154 Å². The molecule has 0 amide bonds. The molecule has 0 aliphatic carbocycles. The summed E-state index contributed by atoms with van der Waals surface area (Å²) in [6.45, 7) is 3.56. The van der Waals surface area contributed by atoms with Crippen LogP contribution in [0.1, 0.15) is 24.4 Å². The third-order valence-corrected chi connectivity index (χ3v) is 4.30. The summed E-state index contributed by atoms with van der Waals surface area (Å²) in [5, 5.41) is 4.69. The Balaban J connectivity index is 1.86. The molecule has 1 unspecified atom stereocenters. The molecule has 2 aromatic heterocycles. The molecule has 10 heteroatoms. The van der Waals surface area contributed by atoms with E-state index in [1.807, 2.05) is 6.92 Å². The topological polar surface area (TPSA) is 72.8 Å². The first-order valence-electron chi connectivity index (χ1n) is 7.63. The SMILES string of the molecule is Cc1nc2c(c(Br)nn2C(C)Cc2ccc(OC(F)(F)F)cc2)c(=O)[nH]1. The van der Waals surface area contributed by atoms with Gasteiger partial charge in [-0.1, -0.05) is 12.1 Å². The number of nitrogens with zero attached hydrogens (tertiary/aromatic N) is 3. The standard InChI is InChI=1S/C16H14BrF3N4O2/c1-8(7-10-3-5-11(6-4-10)26-16(18,19)20)24-14-12(13(17)23-24)15(25)22-9(2)21-14/h3-6,8H,7H2,1-2H3,(H,21,22,25). The van der Waals surface area contributed by atoms with Gasteiger partial charge in [0, 0.05) is 0 Å². The van der Waals surface area contributed by atoms with Gasteiger partial charge in [-0.15, -0.1) is 13.2 Å². The fraction of sp³-hybridized carbons (Fsp3) is 0.312. The lowest BCUT2D eigenvalue weighted by atomic mass is 10.1. The monoisotopic (exact) mass is 430 g/mol. The number of rotatable bonds is 4. The van der Waals surface area contributed by atoms with E-state index in [4.69, 9.17) is 0 Å². The molecule has 3 rings (SSSR count). The van der Waals surface area contributed by atoms with Crippen molar-refractivity contribution < 1.29 is 17.9 Å². The van der Waals surface area contributed by atoms with Crippen LogP contribution in [0.4, 0.5) is 13.2 Å². The van der Waals surface area contributed by atoms with Crippen molar-refractivity contribution in [3.63, 3.8) is 0 Å². The van der Waals surface area contributed by atoms with E-state index in [0.717, 1.165) is 5.56 Å². The number of halogens is 4. The summed E-state index contributed by atoms with van der Waals surface area (Å²) in [6, 6.07) is 5.47. The van der Waals surface area contributed by atoms with Crippen LogP contribution in [0.5, 0.6) is 5.75 Å². The predicted octanol–water partition coefficient (Wildman–Crippen LogP) is 3.89. The number of fused-ring (bicyclic) bond motifs is 1. The molecule has 2 heterocycles. The second-order valence-electron chi connectivity index (χ2n) is 5.83. The Morgan fingerprint density at radius 3 is 2.58 bits per heavy atom. The maximum Gasteiger partial charge on any atom is 0.573 e. The van der Waals surface area contributed by atoms with Crippen LogP contribution in [-0.2, 0) is 6.42 Å². The van der Waals surface area contributed by atoms with Crippen molar-refractivity contribution in [2.45, 2.75) is 32.7 Å². The Kier molecular flexibility index (Phi) is 4.78. The first kappa shape index (κ1) is 18.4. The summed E-state index contributed by atoms with van der Waals surface area (Å²) in [7, 11) is 0. The molecular weight excluding hydrogens is 417 g/mol. The number of aromatic amines is 1. The highest BCUT2D eigenvalue weighted by Gasteiger charge is 2.31. The highest BCUT2D eigenvalue weighted by atomic mass is 79.9. The van der Waals surface area contributed by atoms with Crippen LogP contribution in [0.15, 0.2) is 33.7 Å². The Morgan fingerprint density at radius 1 is 1.31 bits per heavy atom. The molecule has 0 fully saturated rings. The Bertz CT molecular complexity index is 996. The zero-order valence-corrected chi connectivity index (χ0v) is 15.3. The minimum absolute atomic E-state index is 0.174. The molecule has 26 heavy (non-hydrogen) atoms. The molecule has 3 aromatic rings. The van der Waals surface area contributed by atoms with Gasteiger partial charge in [-0.2, -0.15) is 5.10 Å². The zero-order valence-electron chi connectivity index (χ0n) is 13.8. The molecule has 0 aliphatic rings. The number of hydrogen-bond donors (Lipinski definition) is 1. The first-order chi connectivity index (χ1) is 12.1. The molecule has 6 nitrogen and oxygen atoms in total. The van der Waals surface area contributed by atoms with E-state index in [-0.39, 0.29) is 17.4 Å². The molecule has 1 N–H and O–H groups in total. The molecule has 1 aromatic carbocycles. The highest BCUT2D eigenvalue weighted by molar-refractivity contribution is 9.10. The van der Waals surface area contributed by atoms with E-state index in [1.54, 1.807) is 23.7 Å². The van der Waals surface area contributed by atoms with Crippen LogP contribution in [0.25, 0.3) is 11.0 Å². The molecule has 0 spiro atoms. The van der Waals surface area contributed by atoms with Crippen LogP contribution in [-0.4, -0.2) is 26.1 Å². The summed E-state index contributed by atoms with van der Waals surface area (Å²) < 4.78 is 42.5. The molecular formula is C16H14BrF3N4O2. The summed E-state index contributed by atoms with van der Waals surface area (Å²) in [6.07, 6.45) is -4.23. The summed E-state index contributed by atoms with van der Waals surface area (Å²) in [5.41, 5.74) is 0.961. The van der Waals surface area contributed by atoms with Crippen molar-refractivity contribution in [3.05, 3.63) is 50.6 Å². The van der Waals surface area contributed by atoms with E-state index in [2.05, 4.69) is 35.7 Å². The van der Waals surface area contributed by atoms with Crippen molar-refractivity contribution in [1.29, 1.82) is 0 Å². The van der Waals surface area contributed by atoms with Crippen LogP contribution < -0.4 is 10.3 Å². The third-order valence-electron chi connectivity index (χ3n) is 3.74. The lowest BCUT2D eigenvalue weighted by molar-refractivity contribution is -0.274. The Hall–Kier alpha value is -2.36. The summed E-state index contributed by atoms with van der Waals surface area (Å²) >= 11 is 3.27. The van der Waals surface area contributed by atoms with Gasteiger partial charge in [-0.3, -0.25) is 4.79 Å². The van der Waals surface area contributed by atoms with Crippen LogP contribution in [0.2, 0.25) is 0 Å². The van der Waals surface area contributed by atoms with Gasteiger partial charge in [0.1, 0.15) is 21.6 Å². The third kappa shape index (κ3) is 3.90. The molecule has 1 atom stereocenters. The second-order valence-corrected chi connectivity index (χ2v) is 6.58. The van der Waals surface area contributed by atoms with Gasteiger partial charge in [0.25, 0.3) is 5.56 Å². The fourth-order valence-electron chi connectivity index (χ4n) is 2.68. The van der Waals surface area contributed by atoms with Crippen LogP contribution in [0, 0.1) is 6.92 Å². The van der Waals surface area contributed by atoms with Gasteiger partial charge < -0.3 is 9.72 Å². The zero-order chi connectivity index (χ0) is 19.1. The Morgan fingerprint density at radius 2 is 1.96 bits per heavy atom. The molecule has 0 radical (unpaired) electrons. The van der Waals surface area contributed by atoms with Gasteiger partial charge in [0.15, 0.2) is 5.65 Å². The summed E-state index contributed by atoms with van der Waals surface area (Å²) in [4.78, 5) is 19.1. The van der Waals surface area contributed by atoms with E-state index < -0.39 is 6.36 Å². The van der Waals surface area contributed by atoms with Crippen molar-refractivity contribution in [3.8, 4) is 5.75 Å². The number of H-pyrrole nitrogens is 1.